The van der Waals surface area contributed by atoms with Crippen LogP contribution in [0.3, 0.4) is 0 Å². The molecule has 3 aromatic carbocycles. The summed E-state index contributed by atoms with van der Waals surface area (Å²) < 4.78 is 7.11. The Hall–Kier alpha value is -3.42. The first-order valence-electron chi connectivity index (χ1n) is 12.1. The molecule has 1 spiro atoms. The number of ether oxygens (including phenoxy) is 1. The molecule has 0 aliphatic carbocycles. The van der Waals surface area contributed by atoms with E-state index in [9.17, 15) is 4.79 Å². The van der Waals surface area contributed by atoms with E-state index in [4.69, 9.17) is 9.72 Å². The van der Waals surface area contributed by atoms with Gasteiger partial charge in [-0.1, -0.05) is 72.0 Å². The highest BCUT2D eigenvalue weighted by atomic mass is 32.1. The fraction of sp³-hybridized carbons (Fsp3) is 0.286. The molecule has 2 N–H and O–H groups in total. The molecule has 0 bridgehead atoms. The molecule has 1 saturated heterocycles. The number of fused-ring (bicyclic) bond motifs is 3. The molecule has 0 radical (unpaired) electrons. The smallest absolute Gasteiger partial charge is 0.412 e. The van der Waals surface area contributed by atoms with Gasteiger partial charge in [-0.05, 0) is 30.2 Å². The van der Waals surface area contributed by atoms with Gasteiger partial charge in [-0.25, -0.2) is 9.78 Å². The minimum absolute atomic E-state index is 0.217. The molecule has 178 valence electrons. The number of hydrogen-bond acceptors (Lipinski definition) is 6. The fourth-order valence-corrected chi connectivity index (χ4v) is 6.25. The number of piperidine rings is 1. The maximum Gasteiger partial charge on any atom is 0.412 e. The first-order chi connectivity index (χ1) is 17.2. The minimum atomic E-state index is -0.537. The number of anilines is 2. The summed E-state index contributed by atoms with van der Waals surface area (Å²) >= 11 is 1.70. The normalized spacial score (nSPS) is 18.0. The summed E-state index contributed by atoms with van der Waals surface area (Å²) in [7, 11) is 0. The Morgan fingerprint density at radius 3 is 2.57 bits per heavy atom. The first-order valence-corrected chi connectivity index (χ1v) is 13.0. The molecule has 1 atom stereocenters. The third kappa shape index (κ3) is 4.61. The summed E-state index contributed by atoms with van der Waals surface area (Å²) in [6.45, 7) is 2.64. The lowest BCUT2D eigenvalue weighted by Crippen LogP contribution is -2.50. The second-order valence-corrected chi connectivity index (χ2v) is 10.4. The van der Waals surface area contributed by atoms with Crippen molar-refractivity contribution in [2.75, 3.05) is 30.3 Å². The van der Waals surface area contributed by atoms with Gasteiger partial charge in [-0.2, -0.15) is 0 Å². The number of thiazole rings is 1. The maximum atomic E-state index is 12.3. The van der Waals surface area contributed by atoms with Crippen molar-refractivity contribution in [2.24, 2.45) is 0 Å². The van der Waals surface area contributed by atoms with Crippen LogP contribution < -0.4 is 10.6 Å². The molecule has 2 aliphatic rings. The van der Waals surface area contributed by atoms with Gasteiger partial charge >= 0.3 is 6.09 Å². The Morgan fingerprint density at radius 2 is 1.74 bits per heavy atom. The highest BCUT2D eigenvalue weighted by Crippen LogP contribution is 2.43. The van der Waals surface area contributed by atoms with Gasteiger partial charge in [-0.3, -0.25) is 5.32 Å². The Morgan fingerprint density at radius 1 is 1.00 bits per heavy atom. The number of hydrogen-bond donors (Lipinski definition) is 2. The van der Waals surface area contributed by atoms with Crippen LogP contribution in [0.5, 0.6) is 0 Å². The van der Waals surface area contributed by atoms with Crippen LogP contribution in [0.2, 0.25) is 0 Å². The fourth-order valence-electron chi connectivity index (χ4n) is 5.31. The lowest BCUT2D eigenvalue weighted by molar-refractivity contribution is -0.0383. The second kappa shape index (κ2) is 9.32. The van der Waals surface area contributed by atoms with Gasteiger partial charge in [0.1, 0.15) is 5.60 Å². The van der Waals surface area contributed by atoms with Crippen LogP contribution >= 0.6 is 11.3 Å². The number of nitrogens with one attached hydrogen (secondary N) is 2. The monoisotopic (exact) mass is 484 g/mol. The molecule has 0 saturated carbocycles. The topological polar surface area (TPSA) is 66.5 Å². The van der Waals surface area contributed by atoms with Gasteiger partial charge < -0.3 is 15.0 Å². The molecule has 1 aromatic heterocycles. The van der Waals surface area contributed by atoms with Crippen LogP contribution in [-0.2, 0) is 16.8 Å². The van der Waals surface area contributed by atoms with Crippen LogP contribution in [0, 0.1) is 0 Å². The largest absolute Gasteiger partial charge is 0.438 e. The first kappa shape index (κ1) is 22.1. The molecule has 3 heterocycles. The summed E-state index contributed by atoms with van der Waals surface area (Å²) in [6, 6.07) is 27.1. The average Bonchev–Trinajstić information content (AvgIpc) is 3.28. The summed E-state index contributed by atoms with van der Waals surface area (Å²) in [6.07, 6.45) is 2.14. The second-order valence-electron chi connectivity index (χ2n) is 9.37. The summed E-state index contributed by atoms with van der Waals surface area (Å²) in [4.78, 5) is 19.6. The molecule has 6 rings (SSSR count). The van der Waals surface area contributed by atoms with Gasteiger partial charge in [-0.15, -0.1) is 0 Å². The van der Waals surface area contributed by atoms with Gasteiger partial charge in [0.2, 0.25) is 0 Å². The van der Waals surface area contributed by atoms with Crippen LogP contribution in [-0.4, -0.2) is 41.7 Å². The molecule has 1 fully saturated rings. The lowest BCUT2D eigenvalue weighted by Gasteiger charge is -2.44. The van der Waals surface area contributed by atoms with Gasteiger partial charge in [0.25, 0.3) is 0 Å². The number of rotatable bonds is 6. The number of carbonyl (C=O) groups is 1. The van der Waals surface area contributed by atoms with Crippen molar-refractivity contribution in [3.05, 3.63) is 90.0 Å². The van der Waals surface area contributed by atoms with Crippen molar-refractivity contribution in [1.29, 1.82) is 0 Å². The van der Waals surface area contributed by atoms with E-state index in [2.05, 4.69) is 70.1 Å². The van der Waals surface area contributed by atoms with Crippen molar-refractivity contribution in [3.8, 4) is 0 Å². The van der Waals surface area contributed by atoms with Gasteiger partial charge in [0, 0.05) is 44.1 Å². The van der Waals surface area contributed by atoms with Crippen molar-refractivity contribution in [3.63, 3.8) is 0 Å². The molecular weight excluding hydrogens is 456 g/mol. The minimum Gasteiger partial charge on any atom is -0.438 e. The number of nitrogens with zero attached hydrogens (tertiary/aromatic N) is 2. The van der Waals surface area contributed by atoms with Crippen molar-refractivity contribution in [1.82, 2.24) is 9.88 Å². The molecule has 7 heteroatoms. The van der Waals surface area contributed by atoms with E-state index in [1.54, 1.807) is 11.3 Å². The van der Waals surface area contributed by atoms with E-state index in [0.29, 0.717) is 0 Å². The molecule has 4 aromatic rings. The van der Waals surface area contributed by atoms with Crippen molar-refractivity contribution >= 4 is 38.5 Å². The summed E-state index contributed by atoms with van der Waals surface area (Å²) in [5.74, 6) is 0. The van der Waals surface area contributed by atoms with E-state index in [0.717, 1.165) is 60.8 Å². The number of para-hydroxylation sites is 2. The van der Waals surface area contributed by atoms with E-state index >= 15 is 0 Å². The third-order valence-corrected chi connectivity index (χ3v) is 8.00. The van der Waals surface area contributed by atoms with E-state index in [-0.39, 0.29) is 12.1 Å². The highest BCUT2D eigenvalue weighted by molar-refractivity contribution is 7.22. The van der Waals surface area contributed by atoms with Crippen LogP contribution in [0.4, 0.5) is 15.6 Å². The number of amides is 1. The summed E-state index contributed by atoms with van der Waals surface area (Å²) in [5, 5.41) is 7.54. The Bertz CT molecular complexity index is 1300. The zero-order valence-electron chi connectivity index (χ0n) is 19.4. The molecule has 2 aliphatic heterocycles. The predicted molar refractivity (Wildman–Crippen MR) is 141 cm³/mol. The van der Waals surface area contributed by atoms with E-state index < -0.39 is 5.60 Å². The molecular formula is C28H28N4O2S. The quantitative estimate of drug-likeness (QED) is 0.358. The SMILES string of the molecule is O=C1Nc2ccccc2C2(CCN(C[C@@H](Cc3ccccc3)Nc3nc4ccccc4s3)CC2)O1. The van der Waals surface area contributed by atoms with E-state index in [1.807, 2.05) is 24.3 Å². The van der Waals surface area contributed by atoms with Crippen LogP contribution in [0.15, 0.2) is 78.9 Å². The Labute approximate surface area is 208 Å². The van der Waals surface area contributed by atoms with Crippen molar-refractivity contribution < 1.29 is 9.53 Å². The maximum absolute atomic E-state index is 12.3. The Kier molecular flexibility index (Phi) is 5.88. The van der Waals surface area contributed by atoms with Crippen molar-refractivity contribution in [2.45, 2.75) is 30.9 Å². The predicted octanol–water partition coefficient (Wildman–Crippen LogP) is 5.87. The molecule has 35 heavy (non-hydrogen) atoms. The Balaban J connectivity index is 1.18. The number of likely N-dealkylation sites (tertiary alicyclic amines) is 1. The summed E-state index contributed by atoms with van der Waals surface area (Å²) in [5.41, 5.74) is 3.76. The number of carbonyl (C=O) groups excluding carboxylic acids is 1. The zero-order chi connectivity index (χ0) is 23.7. The molecule has 0 unspecified atom stereocenters. The molecule has 1 amide bonds. The number of aromatic nitrogens is 1. The average molecular weight is 485 g/mol. The van der Waals surface area contributed by atoms with E-state index in [1.165, 1.54) is 10.3 Å². The highest BCUT2D eigenvalue weighted by Gasteiger charge is 2.44. The lowest BCUT2D eigenvalue weighted by atomic mass is 9.82. The van der Waals surface area contributed by atoms with Crippen LogP contribution in [0.25, 0.3) is 10.2 Å². The standard InChI is InChI=1S/C28H28N4O2S/c33-27-31-23-11-5-4-10-22(23)28(34-27)14-16-32(17-15-28)19-21(18-20-8-2-1-3-9-20)29-26-30-24-12-6-7-13-25(24)35-26/h1-13,21H,14-19H2,(H,29,30)(H,31,33)/t21-/m1/s1. The van der Waals surface area contributed by atoms with Gasteiger partial charge in [0.15, 0.2) is 5.13 Å². The number of benzene rings is 3. The third-order valence-electron chi connectivity index (χ3n) is 7.03. The zero-order valence-corrected chi connectivity index (χ0v) is 20.3. The molecule has 6 nitrogen and oxygen atoms in total. The van der Waals surface area contributed by atoms with Gasteiger partial charge in [0.05, 0.1) is 15.9 Å². The van der Waals surface area contributed by atoms with Crippen LogP contribution in [0.1, 0.15) is 24.0 Å².